The smallest absolute Gasteiger partial charge is 0.0701 e. The van der Waals surface area contributed by atoms with Gasteiger partial charge in [-0.3, -0.25) is 0 Å². The van der Waals surface area contributed by atoms with Gasteiger partial charge in [0.25, 0.3) is 0 Å². The van der Waals surface area contributed by atoms with E-state index >= 15 is 0 Å². The Morgan fingerprint density at radius 1 is 1.11 bits per heavy atom. The Kier molecular flexibility index (Phi) is 4.17. The van der Waals surface area contributed by atoms with E-state index in [0.717, 1.165) is 18.6 Å². The van der Waals surface area contributed by atoms with E-state index in [9.17, 15) is 0 Å². The molecule has 2 heterocycles. The molecule has 0 aromatic heterocycles. The second-order valence-electron chi connectivity index (χ2n) is 7.22. The Morgan fingerprint density at radius 2 is 1.89 bits per heavy atom. The molecule has 1 saturated carbocycles. The maximum atomic E-state index is 6.27. The zero-order chi connectivity index (χ0) is 13.3. The summed E-state index contributed by atoms with van der Waals surface area (Å²) in [7, 11) is 2.13. The molecule has 0 aromatic rings. The van der Waals surface area contributed by atoms with Gasteiger partial charge in [0.2, 0.25) is 0 Å². The van der Waals surface area contributed by atoms with Gasteiger partial charge in [0.1, 0.15) is 0 Å². The lowest BCUT2D eigenvalue weighted by molar-refractivity contribution is -0.121. The third-order valence-corrected chi connectivity index (χ3v) is 7.05. The van der Waals surface area contributed by atoms with Crippen molar-refractivity contribution in [3.05, 3.63) is 0 Å². The summed E-state index contributed by atoms with van der Waals surface area (Å²) in [6.07, 6.45) is 9.36. The van der Waals surface area contributed by atoms with Crippen LogP contribution in [-0.2, 0) is 4.74 Å². The highest BCUT2D eigenvalue weighted by molar-refractivity contribution is 7.99. The van der Waals surface area contributed by atoms with Crippen LogP contribution in [0.3, 0.4) is 0 Å². The van der Waals surface area contributed by atoms with Crippen molar-refractivity contribution in [3.63, 3.8) is 0 Å². The molecule has 3 rings (SSSR count). The van der Waals surface area contributed by atoms with Gasteiger partial charge in [0, 0.05) is 12.6 Å². The van der Waals surface area contributed by atoms with Gasteiger partial charge in [0.15, 0.2) is 0 Å². The van der Waals surface area contributed by atoms with Crippen LogP contribution in [0.2, 0.25) is 0 Å². The predicted molar refractivity (Wildman–Crippen MR) is 82.8 cm³/mol. The van der Waals surface area contributed by atoms with Crippen molar-refractivity contribution in [1.82, 2.24) is 5.32 Å². The molecule has 1 aliphatic carbocycles. The minimum Gasteiger partial charge on any atom is -0.375 e. The van der Waals surface area contributed by atoms with Gasteiger partial charge in [-0.05, 0) is 74.8 Å². The number of nitrogens with one attached hydrogen (secondary N) is 1. The Hall–Kier alpha value is 0.270. The first-order valence-electron chi connectivity index (χ1n) is 8.05. The van der Waals surface area contributed by atoms with Gasteiger partial charge in [-0.2, -0.15) is 11.8 Å². The molecule has 0 amide bonds. The summed E-state index contributed by atoms with van der Waals surface area (Å²) in [5.74, 6) is 3.51. The normalized spacial score (nSPS) is 42.6. The standard InChI is InChI=1S/C16H29NOS/c1-15(5-3-14(12-15)17-2)13-4-8-18-16(11-13)6-9-19-10-7-16/h13-14,17H,3-12H2,1-2H3. The van der Waals surface area contributed by atoms with Crippen molar-refractivity contribution in [2.24, 2.45) is 11.3 Å². The molecule has 2 saturated heterocycles. The minimum absolute atomic E-state index is 0.259. The maximum Gasteiger partial charge on any atom is 0.0701 e. The monoisotopic (exact) mass is 283 g/mol. The minimum atomic E-state index is 0.259. The van der Waals surface area contributed by atoms with Crippen LogP contribution in [-0.4, -0.2) is 36.8 Å². The number of thioether (sulfide) groups is 1. The molecule has 2 nitrogen and oxygen atoms in total. The molecule has 2 aliphatic heterocycles. The third-order valence-electron chi connectivity index (χ3n) is 6.07. The molecule has 19 heavy (non-hydrogen) atoms. The molecule has 3 heteroatoms. The topological polar surface area (TPSA) is 21.3 Å². The molecular formula is C16H29NOS. The van der Waals surface area contributed by atoms with Crippen LogP contribution in [0.4, 0.5) is 0 Å². The SMILES string of the molecule is CNC1CCC(C)(C2CCOC3(CCSCC3)C2)C1. The first kappa shape index (κ1) is 14.2. The fourth-order valence-corrected chi connectivity index (χ4v) is 5.84. The van der Waals surface area contributed by atoms with Crippen molar-refractivity contribution < 1.29 is 4.74 Å². The summed E-state index contributed by atoms with van der Waals surface area (Å²) in [6, 6.07) is 0.755. The lowest BCUT2D eigenvalue weighted by Crippen LogP contribution is -2.46. The summed E-state index contributed by atoms with van der Waals surface area (Å²) in [5, 5.41) is 3.49. The molecule has 1 N–H and O–H groups in total. The largest absolute Gasteiger partial charge is 0.375 e. The number of ether oxygens (including phenoxy) is 1. The lowest BCUT2D eigenvalue weighted by Gasteiger charge is -2.48. The summed E-state index contributed by atoms with van der Waals surface area (Å²) in [6.45, 7) is 3.56. The molecule has 0 bridgehead atoms. The molecule has 0 aromatic carbocycles. The van der Waals surface area contributed by atoms with E-state index in [2.05, 4.69) is 31.1 Å². The van der Waals surface area contributed by atoms with Crippen molar-refractivity contribution in [1.29, 1.82) is 0 Å². The Morgan fingerprint density at radius 3 is 2.58 bits per heavy atom. The van der Waals surface area contributed by atoms with Crippen LogP contribution in [0.15, 0.2) is 0 Å². The first-order valence-corrected chi connectivity index (χ1v) is 9.20. The maximum absolute atomic E-state index is 6.27. The highest BCUT2D eigenvalue weighted by atomic mass is 32.2. The first-order chi connectivity index (χ1) is 9.16. The second kappa shape index (κ2) is 5.57. The van der Waals surface area contributed by atoms with Gasteiger partial charge in [-0.1, -0.05) is 6.92 Å². The quantitative estimate of drug-likeness (QED) is 0.838. The van der Waals surface area contributed by atoms with Crippen LogP contribution < -0.4 is 5.32 Å². The predicted octanol–water partition coefficient (Wildman–Crippen LogP) is 3.46. The average molecular weight is 283 g/mol. The molecular weight excluding hydrogens is 254 g/mol. The highest BCUT2D eigenvalue weighted by Crippen LogP contribution is 2.52. The van der Waals surface area contributed by atoms with Crippen molar-refractivity contribution in [2.45, 2.75) is 63.5 Å². The van der Waals surface area contributed by atoms with Gasteiger partial charge in [0.05, 0.1) is 5.60 Å². The van der Waals surface area contributed by atoms with Crippen LogP contribution in [0.25, 0.3) is 0 Å². The van der Waals surface area contributed by atoms with Gasteiger partial charge < -0.3 is 10.1 Å². The van der Waals surface area contributed by atoms with Crippen molar-refractivity contribution in [2.75, 3.05) is 25.2 Å². The zero-order valence-electron chi connectivity index (χ0n) is 12.5. The van der Waals surface area contributed by atoms with Crippen molar-refractivity contribution >= 4 is 11.8 Å². The van der Waals surface area contributed by atoms with E-state index < -0.39 is 0 Å². The molecule has 3 atom stereocenters. The zero-order valence-corrected chi connectivity index (χ0v) is 13.4. The van der Waals surface area contributed by atoms with Crippen LogP contribution in [0.1, 0.15) is 51.9 Å². The van der Waals surface area contributed by atoms with E-state index in [1.807, 2.05) is 0 Å². The fourth-order valence-electron chi connectivity index (χ4n) is 4.60. The van der Waals surface area contributed by atoms with E-state index in [0.29, 0.717) is 5.41 Å². The Balaban J connectivity index is 1.68. The van der Waals surface area contributed by atoms with Crippen molar-refractivity contribution in [3.8, 4) is 0 Å². The summed E-state index contributed by atoms with van der Waals surface area (Å²) in [4.78, 5) is 0. The van der Waals surface area contributed by atoms with Crippen LogP contribution in [0, 0.1) is 11.3 Å². The Bertz CT molecular complexity index is 310. The third kappa shape index (κ3) is 2.84. The van der Waals surface area contributed by atoms with Gasteiger partial charge in [-0.15, -0.1) is 0 Å². The highest BCUT2D eigenvalue weighted by Gasteiger charge is 2.47. The number of rotatable bonds is 2. The lowest BCUT2D eigenvalue weighted by atomic mass is 9.67. The van der Waals surface area contributed by atoms with E-state index in [1.165, 1.54) is 56.5 Å². The summed E-state index contributed by atoms with van der Waals surface area (Å²) < 4.78 is 6.27. The molecule has 3 fully saturated rings. The van der Waals surface area contributed by atoms with Gasteiger partial charge in [-0.25, -0.2) is 0 Å². The van der Waals surface area contributed by atoms with Gasteiger partial charge >= 0.3 is 0 Å². The molecule has 0 radical (unpaired) electrons. The molecule has 3 unspecified atom stereocenters. The summed E-state index contributed by atoms with van der Waals surface area (Å²) in [5.41, 5.74) is 0.823. The van der Waals surface area contributed by atoms with Crippen LogP contribution >= 0.6 is 11.8 Å². The summed E-state index contributed by atoms with van der Waals surface area (Å²) >= 11 is 2.11. The average Bonchev–Trinajstić information content (AvgIpc) is 2.83. The molecule has 110 valence electrons. The fraction of sp³-hybridized carbons (Fsp3) is 1.00. The number of hydrogen-bond acceptors (Lipinski definition) is 3. The van der Waals surface area contributed by atoms with E-state index in [4.69, 9.17) is 4.74 Å². The second-order valence-corrected chi connectivity index (χ2v) is 8.44. The van der Waals surface area contributed by atoms with E-state index in [1.54, 1.807) is 0 Å². The number of hydrogen-bond donors (Lipinski definition) is 1. The Labute approximate surface area is 122 Å². The molecule has 3 aliphatic rings. The molecule has 1 spiro atoms. The van der Waals surface area contributed by atoms with Crippen LogP contribution in [0.5, 0.6) is 0 Å². The van der Waals surface area contributed by atoms with E-state index in [-0.39, 0.29) is 5.60 Å².